The fraction of sp³-hybridized carbons (Fsp3) is 0.357. The van der Waals surface area contributed by atoms with Crippen LogP contribution in [0.1, 0.15) is 16.9 Å². The molecule has 2 rings (SSSR count). The molecule has 0 saturated heterocycles. The highest BCUT2D eigenvalue weighted by Gasteiger charge is 2.09. The Morgan fingerprint density at radius 2 is 2.20 bits per heavy atom. The van der Waals surface area contributed by atoms with Gasteiger partial charge >= 0.3 is 0 Å². The molecule has 5 nitrogen and oxygen atoms in total. The Bertz CT molecular complexity index is 583. The van der Waals surface area contributed by atoms with Crippen molar-refractivity contribution in [2.75, 3.05) is 26.4 Å². The second-order valence-corrected chi connectivity index (χ2v) is 4.36. The molecule has 3 N–H and O–H groups in total. The van der Waals surface area contributed by atoms with Gasteiger partial charge in [0.2, 0.25) is 0 Å². The summed E-state index contributed by atoms with van der Waals surface area (Å²) in [5.74, 6) is -0.562. The maximum Gasteiger partial charge on any atom is 0.267 e. The van der Waals surface area contributed by atoms with E-state index in [2.05, 4.69) is 10.3 Å². The van der Waals surface area contributed by atoms with Crippen LogP contribution in [0.25, 0.3) is 10.9 Å². The fourth-order valence-electron chi connectivity index (χ4n) is 1.86. The standard InChI is InChI=1S/C14H17FN2O3/c15-11-2-3-12-10(8-11)9-13(17-12)14(19)16-4-1-6-20-7-5-18/h2-3,8-9,17-18H,1,4-7H2,(H,16,19). The van der Waals surface area contributed by atoms with E-state index in [9.17, 15) is 9.18 Å². The van der Waals surface area contributed by atoms with Crippen molar-refractivity contribution in [3.63, 3.8) is 0 Å². The Morgan fingerprint density at radius 1 is 1.35 bits per heavy atom. The molecule has 1 aromatic heterocycles. The Morgan fingerprint density at radius 3 is 3.00 bits per heavy atom. The van der Waals surface area contributed by atoms with E-state index in [4.69, 9.17) is 9.84 Å². The van der Waals surface area contributed by atoms with Gasteiger partial charge in [0, 0.05) is 24.1 Å². The second-order valence-electron chi connectivity index (χ2n) is 4.36. The number of aromatic amines is 1. The molecule has 0 aliphatic heterocycles. The molecular formula is C14H17FN2O3. The number of fused-ring (bicyclic) bond motifs is 1. The number of ether oxygens (including phenoxy) is 1. The number of H-pyrrole nitrogens is 1. The van der Waals surface area contributed by atoms with Gasteiger partial charge < -0.3 is 20.1 Å². The molecule has 0 radical (unpaired) electrons. The Hall–Kier alpha value is -1.92. The number of aromatic nitrogens is 1. The Labute approximate surface area is 115 Å². The molecule has 2 aromatic rings. The van der Waals surface area contributed by atoms with Crippen LogP contribution >= 0.6 is 0 Å². The summed E-state index contributed by atoms with van der Waals surface area (Å²) in [6.45, 7) is 1.27. The summed E-state index contributed by atoms with van der Waals surface area (Å²) in [5.41, 5.74) is 1.13. The molecule has 20 heavy (non-hydrogen) atoms. The molecule has 0 unspecified atom stereocenters. The van der Waals surface area contributed by atoms with Crippen molar-refractivity contribution in [2.45, 2.75) is 6.42 Å². The zero-order chi connectivity index (χ0) is 14.4. The average molecular weight is 280 g/mol. The summed E-state index contributed by atoms with van der Waals surface area (Å²) in [6.07, 6.45) is 0.667. The number of hydrogen-bond donors (Lipinski definition) is 3. The van der Waals surface area contributed by atoms with Crippen LogP contribution in [0, 0.1) is 5.82 Å². The van der Waals surface area contributed by atoms with Gasteiger partial charge in [-0.1, -0.05) is 0 Å². The van der Waals surface area contributed by atoms with Gasteiger partial charge in [0.05, 0.1) is 13.2 Å². The summed E-state index contributed by atoms with van der Waals surface area (Å²) in [7, 11) is 0. The number of aliphatic hydroxyl groups is 1. The first-order valence-corrected chi connectivity index (χ1v) is 6.46. The van der Waals surface area contributed by atoms with Gasteiger partial charge in [-0.25, -0.2) is 4.39 Å². The largest absolute Gasteiger partial charge is 0.394 e. The number of carbonyl (C=O) groups excluding carboxylic acids is 1. The summed E-state index contributed by atoms with van der Waals surface area (Å²) >= 11 is 0. The van der Waals surface area contributed by atoms with Crippen molar-refractivity contribution in [1.82, 2.24) is 10.3 Å². The van der Waals surface area contributed by atoms with Crippen molar-refractivity contribution in [3.8, 4) is 0 Å². The minimum Gasteiger partial charge on any atom is -0.394 e. The molecule has 1 heterocycles. The third-order valence-corrected chi connectivity index (χ3v) is 2.81. The van der Waals surface area contributed by atoms with Gasteiger partial charge in [-0.15, -0.1) is 0 Å². The average Bonchev–Trinajstić information content (AvgIpc) is 2.85. The molecule has 0 aliphatic rings. The molecule has 0 aliphatic carbocycles. The highest BCUT2D eigenvalue weighted by atomic mass is 19.1. The smallest absolute Gasteiger partial charge is 0.267 e. The van der Waals surface area contributed by atoms with Crippen LogP contribution in [-0.4, -0.2) is 42.4 Å². The van der Waals surface area contributed by atoms with E-state index in [-0.39, 0.29) is 18.3 Å². The van der Waals surface area contributed by atoms with E-state index in [0.717, 1.165) is 5.52 Å². The van der Waals surface area contributed by atoms with Crippen LogP contribution in [0.5, 0.6) is 0 Å². The van der Waals surface area contributed by atoms with Crippen LogP contribution in [0.4, 0.5) is 4.39 Å². The van der Waals surface area contributed by atoms with Crippen molar-refractivity contribution < 1.29 is 19.0 Å². The van der Waals surface area contributed by atoms with Gasteiger partial charge in [0.15, 0.2) is 0 Å². The quantitative estimate of drug-likeness (QED) is 0.672. The number of hydrogen-bond acceptors (Lipinski definition) is 3. The van der Waals surface area contributed by atoms with Gasteiger partial charge in [-0.3, -0.25) is 4.79 Å². The lowest BCUT2D eigenvalue weighted by molar-refractivity contribution is 0.0866. The summed E-state index contributed by atoms with van der Waals surface area (Å²) in [5, 5.41) is 11.9. The molecule has 1 aromatic carbocycles. The first-order valence-electron chi connectivity index (χ1n) is 6.46. The highest BCUT2D eigenvalue weighted by molar-refractivity contribution is 5.97. The van der Waals surface area contributed by atoms with Crippen molar-refractivity contribution in [1.29, 1.82) is 0 Å². The third kappa shape index (κ3) is 3.79. The predicted molar refractivity (Wildman–Crippen MR) is 73.1 cm³/mol. The first kappa shape index (κ1) is 14.5. The van der Waals surface area contributed by atoms with Gasteiger partial charge in [0.25, 0.3) is 5.91 Å². The number of benzene rings is 1. The Kier molecular flexibility index (Phi) is 5.09. The molecule has 6 heteroatoms. The van der Waals surface area contributed by atoms with Crippen LogP contribution in [0.3, 0.4) is 0 Å². The Balaban J connectivity index is 1.85. The van der Waals surface area contributed by atoms with Crippen LogP contribution in [-0.2, 0) is 4.74 Å². The number of aliphatic hydroxyl groups excluding tert-OH is 1. The van der Waals surface area contributed by atoms with Crippen molar-refractivity contribution >= 4 is 16.8 Å². The molecule has 0 bridgehead atoms. The van der Waals surface area contributed by atoms with Gasteiger partial charge in [-0.05, 0) is 30.7 Å². The fourth-order valence-corrected chi connectivity index (χ4v) is 1.86. The van der Waals surface area contributed by atoms with Gasteiger partial charge in [-0.2, -0.15) is 0 Å². The summed E-state index contributed by atoms with van der Waals surface area (Å²) < 4.78 is 18.1. The number of rotatable bonds is 7. The zero-order valence-electron chi connectivity index (χ0n) is 11.0. The van der Waals surface area contributed by atoms with Crippen molar-refractivity contribution in [2.24, 2.45) is 0 Å². The molecule has 0 spiro atoms. The molecular weight excluding hydrogens is 263 g/mol. The van der Waals surface area contributed by atoms with E-state index in [1.807, 2.05) is 0 Å². The van der Waals surface area contributed by atoms with Crippen LogP contribution in [0.15, 0.2) is 24.3 Å². The number of nitrogens with one attached hydrogen (secondary N) is 2. The van der Waals surface area contributed by atoms with E-state index in [0.29, 0.717) is 37.3 Å². The minimum absolute atomic E-state index is 0.00200. The summed E-state index contributed by atoms with van der Waals surface area (Å²) in [6, 6.07) is 5.95. The molecule has 108 valence electrons. The maximum atomic E-state index is 13.1. The monoisotopic (exact) mass is 280 g/mol. The first-order chi connectivity index (χ1) is 9.70. The number of halogens is 1. The molecule has 1 amide bonds. The lowest BCUT2D eigenvalue weighted by Crippen LogP contribution is -2.25. The highest BCUT2D eigenvalue weighted by Crippen LogP contribution is 2.16. The maximum absolute atomic E-state index is 13.1. The minimum atomic E-state index is -0.329. The third-order valence-electron chi connectivity index (χ3n) is 2.81. The second kappa shape index (κ2) is 7.02. The molecule has 0 atom stereocenters. The number of amides is 1. The SMILES string of the molecule is O=C(NCCCOCCO)c1cc2cc(F)ccc2[nH]1. The normalized spacial score (nSPS) is 10.9. The summed E-state index contributed by atoms with van der Waals surface area (Å²) in [4.78, 5) is 14.8. The van der Waals surface area contributed by atoms with E-state index >= 15 is 0 Å². The van der Waals surface area contributed by atoms with Gasteiger partial charge in [0.1, 0.15) is 11.5 Å². The van der Waals surface area contributed by atoms with Crippen molar-refractivity contribution in [3.05, 3.63) is 35.8 Å². The zero-order valence-corrected chi connectivity index (χ0v) is 11.0. The van der Waals surface area contributed by atoms with E-state index in [1.54, 1.807) is 12.1 Å². The lowest BCUT2D eigenvalue weighted by atomic mass is 10.2. The van der Waals surface area contributed by atoms with Crippen LogP contribution < -0.4 is 5.32 Å². The lowest BCUT2D eigenvalue weighted by Gasteiger charge is -2.04. The predicted octanol–water partition coefficient (Wildman–Crippen LogP) is 1.44. The number of carbonyl (C=O) groups is 1. The topological polar surface area (TPSA) is 74.3 Å². The van der Waals surface area contributed by atoms with E-state index < -0.39 is 0 Å². The molecule has 0 fully saturated rings. The molecule has 0 saturated carbocycles. The van der Waals surface area contributed by atoms with E-state index in [1.165, 1.54) is 12.1 Å². The van der Waals surface area contributed by atoms with Crippen LogP contribution in [0.2, 0.25) is 0 Å².